The number of rotatable bonds is 7. The molecule has 25 heavy (non-hydrogen) atoms. The number of aromatic nitrogens is 3. The maximum atomic E-state index is 12.3. The predicted molar refractivity (Wildman–Crippen MR) is 99.1 cm³/mol. The Morgan fingerprint density at radius 1 is 1.40 bits per heavy atom. The molecule has 0 spiro atoms. The highest BCUT2D eigenvalue weighted by Crippen LogP contribution is 2.30. The second kappa shape index (κ2) is 8.32. The molecule has 2 N–H and O–H groups in total. The normalized spacial score (nSPS) is 11.9. The van der Waals surface area contributed by atoms with E-state index in [1.165, 1.54) is 23.1 Å². The molecule has 130 valence electrons. The van der Waals surface area contributed by atoms with E-state index in [4.69, 9.17) is 16.0 Å². The van der Waals surface area contributed by atoms with Crippen LogP contribution < -0.4 is 10.6 Å². The molecular weight excluding hydrogens is 382 g/mol. The molecule has 0 aromatic carbocycles. The van der Waals surface area contributed by atoms with Crippen molar-refractivity contribution in [2.75, 3.05) is 10.6 Å². The van der Waals surface area contributed by atoms with Gasteiger partial charge in [0.25, 0.3) is 0 Å². The van der Waals surface area contributed by atoms with Gasteiger partial charge in [0, 0.05) is 6.20 Å². The lowest BCUT2D eigenvalue weighted by Crippen LogP contribution is -2.22. The van der Waals surface area contributed by atoms with E-state index in [2.05, 4.69) is 25.8 Å². The fourth-order valence-corrected chi connectivity index (χ4v) is 3.88. The molecule has 3 aromatic rings. The van der Waals surface area contributed by atoms with E-state index in [-0.39, 0.29) is 16.3 Å². The average Bonchev–Trinajstić information content (AvgIpc) is 3.26. The predicted octanol–water partition coefficient (Wildman–Crippen LogP) is 3.91. The Hall–Kier alpha value is -2.10. The number of thioether (sulfide) groups is 1. The molecule has 3 heterocycles. The van der Waals surface area contributed by atoms with Gasteiger partial charge in [-0.3, -0.25) is 4.79 Å². The summed E-state index contributed by atoms with van der Waals surface area (Å²) in [6.45, 7) is 2.32. The summed E-state index contributed by atoms with van der Waals surface area (Å²) < 4.78 is 5.94. The number of hydrogen-bond donors (Lipinski definition) is 2. The Labute approximate surface area is 157 Å². The molecule has 3 rings (SSSR count). The maximum absolute atomic E-state index is 12.3. The summed E-state index contributed by atoms with van der Waals surface area (Å²) in [5, 5.41) is 14.6. The van der Waals surface area contributed by atoms with Gasteiger partial charge in [-0.15, -0.1) is 10.2 Å². The van der Waals surface area contributed by atoms with E-state index in [0.717, 1.165) is 5.76 Å². The van der Waals surface area contributed by atoms with E-state index in [9.17, 15) is 4.79 Å². The molecule has 0 aliphatic rings. The van der Waals surface area contributed by atoms with Crippen molar-refractivity contribution in [3.63, 3.8) is 0 Å². The fraction of sp³-hybridized carbons (Fsp3) is 0.200. The standard InChI is InChI=1S/C15H14ClN5O2S2/c1-9(13(22)19-11-5-2-6-17-12(11)16)24-15-21-20-14(25-15)18-8-10-4-3-7-23-10/h2-7,9H,8H2,1H3,(H,18,20)(H,19,22)/t9-/m1/s1. The fourth-order valence-electron chi connectivity index (χ4n) is 1.82. The largest absolute Gasteiger partial charge is 0.467 e. The topological polar surface area (TPSA) is 92.9 Å². The van der Waals surface area contributed by atoms with Gasteiger partial charge in [-0.2, -0.15) is 0 Å². The lowest BCUT2D eigenvalue weighted by Gasteiger charge is -2.10. The Bertz CT molecular complexity index is 840. The zero-order valence-electron chi connectivity index (χ0n) is 13.1. The van der Waals surface area contributed by atoms with Crippen molar-refractivity contribution in [1.29, 1.82) is 0 Å². The molecule has 0 unspecified atom stereocenters. The summed E-state index contributed by atoms with van der Waals surface area (Å²) in [6, 6.07) is 7.11. The van der Waals surface area contributed by atoms with Crippen LogP contribution in [-0.2, 0) is 11.3 Å². The van der Waals surface area contributed by atoms with Gasteiger partial charge >= 0.3 is 0 Å². The second-order valence-electron chi connectivity index (χ2n) is 4.90. The third-order valence-electron chi connectivity index (χ3n) is 3.06. The van der Waals surface area contributed by atoms with Crippen LogP contribution in [0, 0.1) is 0 Å². The molecule has 0 aliphatic heterocycles. The number of anilines is 2. The summed E-state index contributed by atoms with van der Waals surface area (Å²) >= 11 is 8.65. The highest BCUT2D eigenvalue weighted by Gasteiger charge is 2.18. The van der Waals surface area contributed by atoms with Gasteiger partial charge < -0.3 is 15.1 Å². The third kappa shape index (κ3) is 4.94. The number of halogens is 1. The number of hydrogen-bond acceptors (Lipinski definition) is 8. The van der Waals surface area contributed by atoms with Crippen LogP contribution in [0.3, 0.4) is 0 Å². The monoisotopic (exact) mass is 395 g/mol. The molecule has 3 aromatic heterocycles. The number of carbonyl (C=O) groups excluding carboxylic acids is 1. The van der Waals surface area contributed by atoms with E-state index in [0.29, 0.717) is 21.7 Å². The molecule has 10 heteroatoms. The van der Waals surface area contributed by atoms with E-state index < -0.39 is 0 Å². The zero-order chi connectivity index (χ0) is 17.6. The van der Waals surface area contributed by atoms with Gasteiger partial charge in [0.15, 0.2) is 9.49 Å². The summed E-state index contributed by atoms with van der Waals surface area (Å²) in [4.78, 5) is 16.2. The molecule has 0 radical (unpaired) electrons. The van der Waals surface area contributed by atoms with Crippen LogP contribution in [0.15, 0.2) is 45.5 Å². The molecule has 1 atom stereocenters. The lowest BCUT2D eigenvalue weighted by molar-refractivity contribution is -0.115. The Balaban J connectivity index is 1.53. The van der Waals surface area contributed by atoms with Crippen LogP contribution in [0.1, 0.15) is 12.7 Å². The van der Waals surface area contributed by atoms with Crippen molar-refractivity contribution >= 4 is 51.4 Å². The Morgan fingerprint density at radius 2 is 2.28 bits per heavy atom. The van der Waals surface area contributed by atoms with Crippen molar-refractivity contribution in [2.24, 2.45) is 0 Å². The lowest BCUT2D eigenvalue weighted by atomic mass is 10.4. The Kier molecular flexibility index (Phi) is 5.90. The molecule has 7 nitrogen and oxygen atoms in total. The van der Waals surface area contributed by atoms with Crippen LogP contribution in [0.5, 0.6) is 0 Å². The average molecular weight is 396 g/mol. The first-order chi connectivity index (χ1) is 12.1. The van der Waals surface area contributed by atoms with E-state index in [1.807, 2.05) is 12.1 Å². The van der Waals surface area contributed by atoms with E-state index >= 15 is 0 Å². The minimum Gasteiger partial charge on any atom is -0.467 e. The smallest absolute Gasteiger partial charge is 0.237 e. The minimum absolute atomic E-state index is 0.180. The van der Waals surface area contributed by atoms with Crippen molar-refractivity contribution < 1.29 is 9.21 Å². The number of furan rings is 1. The van der Waals surface area contributed by atoms with Gasteiger partial charge in [-0.25, -0.2) is 4.98 Å². The van der Waals surface area contributed by atoms with Gasteiger partial charge in [0.1, 0.15) is 5.76 Å². The van der Waals surface area contributed by atoms with Crippen LogP contribution in [0.4, 0.5) is 10.8 Å². The molecule has 0 fully saturated rings. The van der Waals surface area contributed by atoms with Crippen molar-refractivity contribution in [3.8, 4) is 0 Å². The van der Waals surface area contributed by atoms with Crippen molar-refractivity contribution in [1.82, 2.24) is 15.2 Å². The SMILES string of the molecule is C[C@@H](Sc1nnc(NCc2ccco2)s1)C(=O)Nc1cccnc1Cl. The number of amides is 1. The number of pyridine rings is 1. The first kappa shape index (κ1) is 17.7. The summed E-state index contributed by atoms with van der Waals surface area (Å²) in [7, 11) is 0. The van der Waals surface area contributed by atoms with Gasteiger partial charge in [0.2, 0.25) is 11.0 Å². The number of nitrogens with one attached hydrogen (secondary N) is 2. The van der Waals surface area contributed by atoms with Crippen molar-refractivity contribution in [2.45, 2.75) is 23.1 Å². The molecule has 0 bridgehead atoms. The quantitative estimate of drug-likeness (QED) is 0.462. The first-order valence-corrected chi connectivity index (χ1v) is 9.37. The minimum atomic E-state index is -0.359. The molecular formula is C15H14ClN5O2S2. The summed E-state index contributed by atoms with van der Waals surface area (Å²) in [6.07, 6.45) is 3.18. The van der Waals surface area contributed by atoms with Crippen molar-refractivity contribution in [3.05, 3.63) is 47.6 Å². The van der Waals surface area contributed by atoms with Gasteiger partial charge in [-0.05, 0) is 31.2 Å². The number of nitrogens with zero attached hydrogens (tertiary/aromatic N) is 3. The van der Waals surface area contributed by atoms with Gasteiger partial charge in [0.05, 0.1) is 23.7 Å². The van der Waals surface area contributed by atoms with Crippen LogP contribution in [0.2, 0.25) is 5.15 Å². The van der Waals surface area contributed by atoms with E-state index in [1.54, 1.807) is 31.5 Å². The maximum Gasteiger partial charge on any atom is 0.237 e. The first-order valence-electron chi connectivity index (χ1n) is 7.29. The highest BCUT2D eigenvalue weighted by atomic mass is 35.5. The Morgan fingerprint density at radius 3 is 3.04 bits per heavy atom. The highest BCUT2D eigenvalue weighted by molar-refractivity contribution is 8.02. The van der Waals surface area contributed by atoms with Crippen LogP contribution in [0.25, 0.3) is 0 Å². The third-order valence-corrected chi connectivity index (χ3v) is 5.43. The summed E-state index contributed by atoms with van der Waals surface area (Å²) in [5.74, 6) is 0.630. The number of carbonyl (C=O) groups is 1. The van der Waals surface area contributed by atoms with Crippen LogP contribution in [-0.4, -0.2) is 26.3 Å². The molecule has 1 amide bonds. The molecule has 0 aliphatic carbocycles. The van der Waals surface area contributed by atoms with Crippen LogP contribution >= 0.6 is 34.7 Å². The second-order valence-corrected chi connectivity index (χ2v) is 7.82. The molecule has 0 saturated carbocycles. The summed E-state index contributed by atoms with van der Waals surface area (Å²) in [5.41, 5.74) is 0.486. The zero-order valence-corrected chi connectivity index (χ0v) is 15.5. The van der Waals surface area contributed by atoms with Gasteiger partial charge in [-0.1, -0.05) is 34.7 Å². The molecule has 0 saturated heterocycles.